The normalized spacial score (nSPS) is 15.4. The van der Waals surface area contributed by atoms with Crippen LogP contribution in [0.5, 0.6) is 17.2 Å². The second-order valence-corrected chi connectivity index (χ2v) is 27.1. The summed E-state index contributed by atoms with van der Waals surface area (Å²) in [4.78, 5) is 164. The van der Waals surface area contributed by atoms with Gasteiger partial charge in [0.15, 0.2) is 17.3 Å². The summed E-state index contributed by atoms with van der Waals surface area (Å²) in [5.41, 5.74) is -0.554. The number of thiophene rings is 3. The Labute approximate surface area is 606 Å². The molecule has 0 unspecified atom stereocenters. The van der Waals surface area contributed by atoms with E-state index in [4.69, 9.17) is 14.2 Å². The number of rotatable bonds is 17. The first-order chi connectivity index (χ1) is 50.1. The molecule has 9 aromatic heterocycles. The number of methoxy groups -OCH3 is 3. The average molecular weight is 1540 g/mol. The molecule has 12 heterocycles. The van der Waals surface area contributed by atoms with Crippen LogP contribution in [0.1, 0.15) is 85.2 Å². The number of aromatic amines is 1. The van der Waals surface area contributed by atoms with E-state index in [1.807, 2.05) is 12.1 Å². The first-order valence-corrected chi connectivity index (χ1v) is 35.5. The van der Waals surface area contributed by atoms with Crippen LogP contribution in [0.4, 0.5) is 0 Å². The Morgan fingerprint density at radius 3 is 1.23 bits per heavy atom. The van der Waals surface area contributed by atoms with Gasteiger partial charge in [0.1, 0.15) is 64.9 Å². The molecule has 3 atom stereocenters. The zero-order valence-corrected chi connectivity index (χ0v) is 60.5. The van der Waals surface area contributed by atoms with Crippen molar-refractivity contribution in [1.29, 1.82) is 0 Å². The first-order valence-electron chi connectivity index (χ1n) is 31.9. The monoisotopic (exact) mass is 1530 g/mol. The third-order valence-corrected chi connectivity index (χ3v) is 21.8. The number of fused-ring (bicyclic) bond motifs is 3. The number of nitrogens with zero attached hydrogens (tertiary/aromatic N) is 15. The summed E-state index contributed by atoms with van der Waals surface area (Å²) in [5, 5.41) is 33.0. The highest BCUT2D eigenvalue weighted by molar-refractivity contribution is 9.09. The number of alkyl halides is 1. The Morgan fingerprint density at radius 1 is 0.490 bits per heavy atom. The Bertz CT molecular complexity index is 5750. The van der Waals surface area contributed by atoms with E-state index in [0.717, 1.165) is 36.4 Å². The molecule has 3 aliphatic heterocycles. The van der Waals surface area contributed by atoms with Gasteiger partial charge in [-0.1, -0.05) is 86.3 Å². The molecule has 12 aromatic rings. The number of aryl methyl sites for hydroxylation is 3. The summed E-state index contributed by atoms with van der Waals surface area (Å²) < 4.78 is 21.1. The number of benzene rings is 3. The molecule has 0 radical (unpaired) electrons. The van der Waals surface area contributed by atoms with Crippen molar-refractivity contribution in [3.8, 4) is 32.3 Å². The minimum absolute atomic E-state index is 0.0347. The molecule has 3 saturated heterocycles. The molecule has 37 heteroatoms. The molecular weight excluding hydrogens is 1470 g/mol. The molecule has 104 heavy (non-hydrogen) atoms. The summed E-state index contributed by atoms with van der Waals surface area (Å²) in [6, 6.07) is 18.0. The lowest BCUT2D eigenvalue weighted by atomic mass is 10.1. The third-order valence-electron chi connectivity index (χ3n) is 17.6. The lowest BCUT2D eigenvalue weighted by molar-refractivity contribution is -0.129. The summed E-state index contributed by atoms with van der Waals surface area (Å²) in [7, 11) is 6.11. The van der Waals surface area contributed by atoms with Gasteiger partial charge >= 0.3 is 17.1 Å². The topological polar surface area (TPSA) is 392 Å². The smallest absolute Gasteiger partial charge is 0.333 e. The summed E-state index contributed by atoms with van der Waals surface area (Å²) in [6.45, 7) is 5.82. The number of likely N-dealkylation sites (tertiary alicyclic amines) is 1. The van der Waals surface area contributed by atoms with Gasteiger partial charge in [-0.2, -0.15) is 30.6 Å². The van der Waals surface area contributed by atoms with Crippen LogP contribution < -0.4 is 58.6 Å². The second-order valence-electron chi connectivity index (χ2n) is 23.6. The molecule has 536 valence electrons. The third kappa shape index (κ3) is 13.5. The molecule has 33 nitrogen and oxygen atoms in total. The molecule has 3 amide bonds. The zero-order chi connectivity index (χ0) is 73.9. The fourth-order valence-corrected chi connectivity index (χ4v) is 16.2. The van der Waals surface area contributed by atoms with Gasteiger partial charge in [0.2, 0.25) is 17.7 Å². The van der Waals surface area contributed by atoms with Crippen molar-refractivity contribution >= 4 is 116 Å². The fourth-order valence-electron chi connectivity index (χ4n) is 12.4. The van der Waals surface area contributed by atoms with Crippen molar-refractivity contribution < 1.29 is 43.0 Å². The number of carbonyl (C=O) groups is 6. The minimum Gasteiger partial charge on any atom is -0.496 e. The van der Waals surface area contributed by atoms with Crippen LogP contribution in [0.2, 0.25) is 0 Å². The highest BCUT2D eigenvalue weighted by atomic mass is 79.9. The Kier molecular flexibility index (Phi) is 21.1. The average Bonchev–Trinajstić information content (AvgIpc) is 1.51. The van der Waals surface area contributed by atoms with E-state index < -0.39 is 57.8 Å². The van der Waals surface area contributed by atoms with Gasteiger partial charge in [0, 0.05) is 43.4 Å². The SMILES string of the molecule is COc1ccccc1C(=O)CBr.COc1ccccc1C(=O)Cn1c(=O)n([C@@H]2CCN(C)C2=O)c(=O)c2c(C)c(-n3nccn3)sc21.COc1ccccc1C(=O)Cn1c(=O)n([C@@H]2CCNC2=O)c(=O)c2c(C)c(-n3nccn3)sc21.Cc1c(-n2nccn2)sc2[nH]c(=O)n([C@@H]3CCNC3=O)c(=O)c12. The number of likely N-dealkylation sites (N-methyl/N-ethyl adjacent to an activating group) is 1. The molecule has 15 rings (SSSR count). The van der Waals surface area contributed by atoms with Crippen molar-refractivity contribution in [2.45, 2.75) is 71.2 Å². The van der Waals surface area contributed by atoms with Crippen LogP contribution in [0.25, 0.3) is 45.7 Å². The van der Waals surface area contributed by atoms with E-state index >= 15 is 0 Å². The number of ether oxygens (including phenoxy) is 3. The van der Waals surface area contributed by atoms with Crippen molar-refractivity contribution in [3.63, 3.8) is 0 Å². The van der Waals surface area contributed by atoms with Gasteiger partial charge in [-0.05, 0) is 76.4 Å². The number of ketones is 3. The molecule has 3 fully saturated rings. The van der Waals surface area contributed by atoms with Gasteiger partial charge in [0.05, 0.1) is 110 Å². The van der Waals surface area contributed by atoms with E-state index in [2.05, 4.69) is 62.1 Å². The number of Topliss-reactive ketones (excluding diaryl/α,β-unsaturated/α-hetero) is 3. The standard InChI is InChI=1S/C23H22N6O5S.C22H20N6O5S.C13H12N6O3S.C9H9BrO2/c1-13-18-20(32)28(15-8-11-26(2)19(15)31)23(33)27(22(18)35-21(13)29-24-9-10-25-29)12-16(30)14-6-4-5-7-17(14)34-3;1-12-17-19(31)27(14-7-8-23-18(14)30)22(32)26(21(17)34-20(12)28-24-9-10-25-28)11-15(29)13-5-3-4-6-16(13)33-2;1-6-8-10(23-12(6)19-15-4-5-16-19)17-13(22)18(11(8)21)7-2-3-14-9(7)20;1-12-9-5-3-2-4-7(9)8(11)6-10/h4-7,9-10,15H,8,11-12H2,1-3H3;3-6,9-10,14H,7-8,11H2,1-2H3,(H,23,30);4-5,7H,2-3H2,1H3,(H,14,20)(H,17,22);2-5H,6H2,1H3/t15-;14-;7-;/m111./s1. The van der Waals surface area contributed by atoms with Crippen LogP contribution in [-0.4, -0.2) is 166 Å². The summed E-state index contributed by atoms with van der Waals surface area (Å²) >= 11 is 6.62. The lowest BCUT2D eigenvalue weighted by Gasteiger charge is -2.16. The quantitative estimate of drug-likeness (QED) is 0.0837. The van der Waals surface area contributed by atoms with Crippen LogP contribution in [0.15, 0.2) is 139 Å². The van der Waals surface area contributed by atoms with E-state index in [0.29, 0.717) is 130 Å². The number of nitrogens with one attached hydrogen (secondary N) is 3. The van der Waals surface area contributed by atoms with Gasteiger partial charge in [-0.3, -0.25) is 57.3 Å². The number of halogens is 1. The molecule has 0 spiro atoms. The van der Waals surface area contributed by atoms with Gasteiger partial charge in [-0.25, -0.2) is 28.1 Å². The lowest BCUT2D eigenvalue weighted by Crippen LogP contribution is -2.44. The van der Waals surface area contributed by atoms with Crippen LogP contribution in [-0.2, 0) is 27.5 Å². The van der Waals surface area contributed by atoms with Gasteiger partial charge in [0.25, 0.3) is 16.7 Å². The van der Waals surface area contributed by atoms with E-state index in [1.165, 1.54) is 91.2 Å². The fraction of sp³-hybridized carbons (Fsp3) is 0.284. The Hall–Kier alpha value is -11.7. The molecule has 0 bridgehead atoms. The van der Waals surface area contributed by atoms with Crippen molar-refractivity contribution in [3.05, 3.63) is 206 Å². The maximum Gasteiger partial charge on any atom is 0.333 e. The molecule has 3 aliphatic rings. The summed E-state index contributed by atoms with van der Waals surface area (Å²) in [6.07, 6.45) is 10.1. The predicted molar refractivity (Wildman–Crippen MR) is 387 cm³/mol. The highest BCUT2D eigenvalue weighted by Crippen LogP contribution is 2.35. The maximum absolute atomic E-state index is 13.7. The summed E-state index contributed by atoms with van der Waals surface area (Å²) in [5.74, 6) is -0.331. The first kappa shape index (κ1) is 72.1. The molecule has 3 N–H and O–H groups in total. The highest BCUT2D eigenvalue weighted by Gasteiger charge is 2.37. The van der Waals surface area contributed by atoms with E-state index in [9.17, 15) is 57.5 Å². The number of para-hydroxylation sites is 3. The van der Waals surface area contributed by atoms with Crippen molar-refractivity contribution in [2.24, 2.45) is 0 Å². The molecule has 0 saturated carbocycles. The molecule has 0 aliphatic carbocycles. The zero-order valence-electron chi connectivity index (χ0n) is 56.4. The van der Waals surface area contributed by atoms with Crippen molar-refractivity contribution in [2.75, 3.05) is 53.3 Å². The number of carbonyl (C=O) groups excluding carboxylic acids is 6. The molecule has 3 aromatic carbocycles. The van der Waals surface area contributed by atoms with Crippen LogP contribution in [0.3, 0.4) is 0 Å². The largest absolute Gasteiger partial charge is 0.496 e. The molecular formula is C67H63BrN18O15S3. The van der Waals surface area contributed by atoms with Crippen molar-refractivity contribution in [1.82, 2.24) is 88.3 Å². The van der Waals surface area contributed by atoms with Gasteiger partial charge in [-0.15, -0.1) is 14.4 Å². The minimum atomic E-state index is -0.942. The number of hydrogen-bond donors (Lipinski definition) is 3. The van der Waals surface area contributed by atoms with Gasteiger partial charge < -0.3 is 29.7 Å². The maximum atomic E-state index is 13.7. The number of H-pyrrole nitrogens is 1. The predicted octanol–water partition coefficient (Wildman–Crippen LogP) is 4.45. The number of hydrogen-bond acceptors (Lipinski definition) is 24. The van der Waals surface area contributed by atoms with E-state index in [-0.39, 0.29) is 53.0 Å². The Balaban J connectivity index is 0.000000138. The van der Waals surface area contributed by atoms with E-state index in [1.54, 1.807) is 95.6 Å². The Morgan fingerprint density at radius 2 is 0.856 bits per heavy atom. The second kappa shape index (κ2) is 30.5. The van der Waals surface area contributed by atoms with Crippen LogP contribution >= 0.6 is 49.9 Å². The number of aromatic nitrogens is 15. The number of amides is 3. The van der Waals surface area contributed by atoms with Crippen LogP contribution in [0, 0.1) is 20.8 Å².